The molecule has 19 heavy (non-hydrogen) atoms. The molecule has 0 aliphatic heterocycles. The Morgan fingerprint density at radius 2 is 2.05 bits per heavy atom. The van der Waals surface area contributed by atoms with E-state index in [1.807, 2.05) is 13.0 Å². The molecule has 2 rings (SSSR count). The fraction of sp³-hybridized carbons (Fsp3) is 0.429. The molecule has 1 N–H and O–H groups in total. The van der Waals surface area contributed by atoms with Gasteiger partial charge in [0.25, 0.3) is 5.56 Å². The van der Waals surface area contributed by atoms with Crippen LogP contribution < -0.4 is 5.56 Å². The minimum absolute atomic E-state index is 0.0480. The first-order valence-corrected chi connectivity index (χ1v) is 8.12. The summed E-state index contributed by atoms with van der Waals surface area (Å²) in [5.41, 5.74) is 0.943. The quantitative estimate of drug-likeness (QED) is 0.792. The molecule has 0 amide bonds. The van der Waals surface area contributed by atoms with Crippen LogP contribution in [0.4, 0.5) is 0 Å². The monoisotopic (exact) mass is 388 g/mol. The van der Waals surface area contributed by atoms with E-state index in [1.165, 1.54) is 4.88 Å². The van der Waals surface area contributed by atoms with Crippen molar-refractivity contribution in [1.29, 1.82) is 0 Å². The van der Waals surface area contributed by atoms with E-state index in [9.17, 15) is 4.79 Å². The smallest absolute Gasteiger partial charge is 0.264 e. The standard InChI is InChI=1S/C14H17IN2OS/c1-5-8-11(15)13(18)17-12(16-8)9-6-7-10(19-9)14(2,3)4/h6-7H,5H2,1-4H3,(H,16,17,18). The van der Waals surface area contributed by atoms with Crippen LogP contribution in [0.5, 0.6) is 0 Å². The highest BCUT2D eigenvalue weighted by Gasteiger charge is 2.18. The molecule has 102 valence electrons. The summed E-state index contributed by atoms with van der Waals surface area (Å²) in [7, 11) is 0. The molecule has 0 saturated carbocycles. The molecule has 0 fully saturated rings. The zero-order valence-corrected chi connectivity index (χ0v) is 14.5. The number of aromatic amines is 1. The maximum atomic E-state index is 11.9. The number of nitrogens with one attached hydrogen (secondary N) is 1. The van der Waals surface area contributed by atoms with Crippen LogP contribution in [0, 0.1) is 3.57 Å². The zero-order valence-electron chi connectivity index (χ0n) is 11.5. The van der Waals surface area contributed by atoms with E-state index in [4.69, 9.17) is 0 Å². The summed E-state index contributed by atoms with van der Waals surface area (Å²) in [6.07, 6.45) is 0.771. The Labute approximate surface area is 130 Å². The van der Waals surface area contributed by atoms with Crippen LogP contribution in [-0.4, -0.2) is 9.97 Å². The molecular formula is C14H17IN2OS. The summed E-state index contributed by atoms with van der Waals surface area (Å²) >= 11 is 3.75. The number of aromatic nitrogens is 2. The van der Waals surface area contributed by atoms with Gasteiger partial charge in [-0.05, 0) is 46.6 Å². The average Bonchev–Trinajstić information content (AvgIpc) is 2.81. The molecule has 0 aliphatic rings. The van der Waals surface area contributed by atoms with E-state index in [0.717, 1.165) is 17.0 Å². The second-order valence-corrected chi connectivity index (χ2v) is 7.61. The number of aryl methyl sites for hydroxylation is 1. The SMILES string of the molecule is CCc1nc(-c2ccc(C(C)(C)C)s2)[nH]c(=O)c1I. The lowest BCUT2D eigenvalue weighted by atomic mass is 9.95. The lowest BCUT2D eigenvalue weighted by Gasteiger charge is -2.15. The number of halogens is 1. The molecular weight excluding hydrogens is 371 g/mol. The minimum Gasteiger partial charge on any atom is -0.305 e. The number of H-pyrrole nitrogens is 1. The van der Waals surface area contributed by atoms with Crippen LogP contribution in [0.3, 0.4) is 0 Å². The average molecular weight is 388 g/mol. The number of hydrogen-bond acceptors (Lipinski definition) is 3. The van der Waals surface area contributed by atoms with Gasteiger partial charge in [0, 0.05) is 4.88 Å². The summed E-state index contributed by atoms with van der Waals surface area (Å²) in [6, 6.07) is 4.15. The van der Waals surface area contributed by atoms with Gasteiger partial charge in [-0.15, -0.1) is 11.3 Å². The molecule has 2 aromatic heterocycles. The zero-order chi connectivity index (χ0) is 14.2. The summed E-state index contributed by atoms with van der Waals surface area (Å²) < 4.78 is 0.691. The van der Waals surface area contributed by atoms with Crippen molar-refractivity contribution in [3.05, 3.63) is 36.6 Å². The predicted octanol–water partition coefficient (Wildman–Crippen LogP) is 3.96. The normalized spacial score (nSPS) is 11.8. The Bertz CT molecular complexity index is 652. The summed E-state index contributed by atoms with van der Waals surface area (Å²) in [5.74, 6) is 0.683. The number of thiophene rings is 1. The van der Waals surface area contributed by atoms with Gasteiger partial charge in [-0.1, -0.05) is 27.7 Å². The molecule has 3 nitrogen and oxygen atoms in total. The molecule has 2 aromatic rings. The van der Waals surface area contributed by atoms with Crippen molar-refractivity contribution in [2.45, 2.75) is 39.5 Å². The minimum atomic E-state index is -0.0480. The molecule has 0 saturated heterocycles. The largest absolute Gasteiger partial charge is 0.305 e. The van der Waals surface area contributed by atoms with Crippen LogP contribution >= 0.6 is 33.9 Å². The second kappa shape index (κ2) is 5.36. The Morgan fingerprint density at radius 1 is 1.37 bits per heavy atom. The van der Waals surface area contributed by atoms with Crippen molar-refractivity contribution < 1.29 is 0 Å². The van der Waals surface area contributed by atoms with E-state index >= 15 is 0 Å². The number of hydrogen-bond donors (Lipinski definition) is 1. The van der Waals surface area contributed by atoms with Gasteiger partial charge in [0.05, 0.1) is 14.1 Å². The summed E-state index contributed by atoms with van der Waals surface area (Å²) in [4.78, 5) is 21.6. The Morgan fingerprint density at radius 3 is 2.58 bits per heavy atom. The molecule has 0 unspecified atom stereocenters. The fourth-order valence-corrected chi connectivity index (χ4v) is 3.37. The van der Waals surface area contributed by atoms with Crippen molar-refractivity contribution in [3.63, 3.8) is 0 Å². The highest BCUT2D eigenvalue weighted by atomic mass is 127. The summed E-state index contributed by atoms with van der Waals surface area (Å²) in [5, 5.41) is 0. The van der Waals surface area contributed by atoms with Crippen LogP contribution in [0.25, 0.3) is 10.7 Å². The Kier molecular flexibility index (Phi) is 4.15. The van der Waals surface area contributed by atoms with E-state index in [0.29, 0.717) is 9.39 Å². The van der Waals surface area contributed by atoms with Crippen molar-refractivity contribution >= 4 is 33.9 Å². The van der Waals surface area contributed by atoms with Gasteiger partial charge in [-0.2, -0.15) is 0 Å². The lowest BCUT2D eigenvalue weighted by Crippen LogP contribution is -2.15. The van der Waals surface area contributed by atoms with Crippen LogP contribution in [-0.2, 0) is 11.8 Å². The van der Waals surface area contributed by atoms with Crippen LogP contribution in [0.2, 0.25) is 0 Å². The van der Waals surface area contributed by atoms with Gasteiger partial charge in [0.15, 0.2) is 5.82 Å². The van der Waals surface area contributed by atoms with E-state index in [2.05, 4.69) is 59.4 Å². The van der Waals surface area contributed by atoms with Crippen molar-refractivity contribution in [2.75, 3.05) is 0 Å². The summed E-state index contributed by atoms with van der Waals surface area (Å²) in [6.45, 7) is 8.57. The lowest BCUT2D eigenvalue weighted by molar-refractivity contribution is 0.604. The van der Waals surface area contributed by atoms with Gasteiger partial charge in [-0.3, -0.25) is 4.79 Å². The van der Waals surface area contributed by atoms with Crippen molar-refractivity contribution in [2.24, 2.45) is 0 Å². The predicted molar refractivity (Wildman–Crippen MR) is 89.0 cm³/mol. The van der Waals surface area contributed by atoms with Crippen molar-refractivity contribution in [3.8, 4) is 10.7 Å². The molecule has 0 radical (unpaired) electrons. The number of nitrogens with zero attached hydrogens (tertiary/aromatic N) is 1. The molecule has 5 heteroatoms. The van der Waals surface area contributed by atoms with Crippen LogP contribution in [0.1, 0.15) is 38.3 Å². The molecule has 0 spiro atoms. The van der Waals surface area contributed by atoms with Gasteiger partial charge < -0.3 is 4.98 Å². The molecule has 2 heterocycles. The van der Waals surface area contributed by atoms with Gasteiger partial charge in [0.1, 0.15) is 0 Å². The Hall–Kier alpha value is -0.690. The van der Waals surface area contributed by atoms with E-state index in [-0.39, 0.29) is 11.0 Å². The maximum absolute atomic E-state index is 11.9. The molecule has 0 aliphatic carbocycles. The highest BCUT2D eigenvalue weighted by molar-refractivity contribution is 14.1. The fourth-order valence-electron chi connectivity index (χ4n) is 1.72. The van der Waals surface area contributed by atoms with Gasteiger partial charge >= 0.3 is 0 Å². The third kappa shape index (κ3) is 3.08. The number of rotatable bonds is 2. The van der Waals surface area contributed by atoms with E-state index in [1.54, 1.807) is 11.3 Å². The van der Waals surface area contributed by atoms with Crippen LogP contribution in [0.15, 0.2) is 16.9 Å². The third-order valence-corrected chi connectivity index (χ3v) is 5.48. The topological polar surface area (TPSA) is 45.8 Å². The first kappa shape index (κ1) is 14.7. The maximum Gasteiger partial charge on any atom is 0.264 e. The second-order valence-electron chi connectivity index (χ2n) is 5.44. The Balaban J connectivity index is 2.51. The first-order valence-electron chi connectivity index (χ1n) is 6.22. The molecule has 0 bridgehead atoms. The van der Waals surface area contributed by atoms with E-state index < -0.39 is 0 Å². The van der Waals surface area contributed by atoms with Crippen molar-refractivity contribution in [1.82, 2.24) is 9.97 Å². The highest BCUT2D eigenvalue weighted by Crippen LogP contribution is 2.33. The first-order chi connectivity index (χ1) is 8.82. The van der Waals surface area contributed by atoms with Gasteiger partial charge in [0.2, 0.25) is 0 Å². The molecule has 0 aromatic carbocycles. The third-order valence-electron chi connectivity index (χ3n) is 2.84. The molecule has 0 atom stereocenters. The van der Waals surface area contributed by atoms with Gasteiger partial charge in [-0.25, -0.2) is 4.98 Å².